The second-order valence-electron chi connectivity index (χ2n) is 7.81. The Morgan fingerprint density at radius 3 is 1.67 bits per heavy atom. The van der Waals surface area contributed by atoms with Crippen molar-refractivity contribution in [3.63, 3.8) is 0 Å². The zero-order valence-corrected chi connectivity index (χ0v) is 15.3. The summed E-state index contributed by atoms with van der Waals surface area (Å²) in [6, 6.07) is 6.62. The summed E-state index contributed by atoms with van der Waals surface area (Å²) < 4.78 is 0. The Kier molecular flexibility index (Phi) is 4.60. The van der Waals surface area contributed by atoms with Gasteiger partial charge in [-0.15, -0.1) is 0 Å². The first-order valence-electron chi connectivity index (χ1n) is 7.00. The lowest BCUT2D eigenvalue weighted by Crippen LogP contribution is -2.47. The maximum Gasteiger partial charge on any atom is 0.0513 e. The van der Waals surface area contributed by atoms with Gasteiger partial charge in [0.1, 0.15) is 0 Å². The summed E-state index contributed by atoms with van der Waals surface area (Å²) in [5.41, 5.74) is 2.61. The molecule has 0 N–H and O–H groups in total. The third-order valence-electron chi connectivity index (χ3n) is 3.41. The van der Waals surface area contributed by atoms with Crippen molar-refractivity contribution in [1.82, 2.24) is 4.98 Å². The molecule has 0 radical (unpaired) electrons. The first-order valence-corrected chi connectivity index (χ1v) is 14.2. The van der Waals surface area contributed by atoms with Gasteiger partial charge in [0.2, 0.25) is 0 Å². The Hall–Kier alpha value is -0.416. The van der Waals surface area contributed by atoms with E-state index in [4.69, 9.17) is 4.98 Å². The molecular formula is C15H29NSi2. The van der Waals surface area contributed by atoms with E-state index in [0.717, 1.165) is 5.16 Å². The summed E-state index contributed by atoms with van der Waals surface area (Å²) in [5.74, 6) is 0.522. The largest absolute Gasteiger partial charge is 0.258 e. The smallest absolute Gasteiger partial charge is 0.0513 e. The highest BCUT2D eigenvalue weighted by molar-refractivity contribution is 6.96. The Bertz CT molecular complexity index is 386. The third kappa shape index (κ3) is 3.79. The van der Waals surface area contributed by atoms with Crippen molar-refractivity contribution >= 4 is 16.1 Å². The van der Waals surface area contributed by atoms with Gasteiger partial charge in [0.05, 0.1) is 16.1 Å². The van der Waals surface area contributed by atoms with Crippen molar-refractivity contribution in [3.8, 4) is 0 Å². The zero-order chi connectivity index (χ0) is 14.1. The van der Waals surface area contributed by atoms with E-state index in [1.165, 1.54) is 11.4 Å². The van der Waals surface area contributed by atoms with Crippen LogP contribution < -0.4 is 0 Å². The summed E-state index contributed by atoms with van der Waals surface area (Å²) in [7, 11) is -2.44. The van der Waals surface area contributed by atoms with Gasteiger partial charge < -0.3 is 0 Å². The molecule has 0 unspecified atom stereocenters. The summed E-state index contributed by atoms with van der Waals surface area (Å²) in [4.78, 5) is 4.97. The molecule has 0 aliphatic rings. The van der Waals surface area contributed by atoms with Crippen LogP contribution in [0, 0.1) is 0 Å². The fraction of sp³-hybridized carbons (Fsp3) is 0.667. The van der Waals surface area contributed by atoms with E-state index in [2.05, 4.69) is 71.3 Å². The second kappa shape index (κ2) is 5.29. The SMILES string of the molecule is CC(C)c1cccc(C([Si](C)(C)C)[Si](C)(C)C)n1. The minimum Gasteiger partial charge on any atom is -0.258 e. The fourth-order valence-electron chi connectivity index (χ4n) is 3.14. The molecule has 0 saturated heterocycles. The first kappa shape index (κ1) is 15.6. The molecule has 1 heterocycles. The number of aromatic nitrogens is 1. The Morgan fingerprint density at radius 2 is 1.28 bits per heavy atom. The summed E-state index contributed by atoms with van der Waals surface area (Å²) in [6.07, 6.45) is 0. The highest BCUT2D eigenvalue weighted by Crippen LogP contribution is 2.35. The number of nitrogens with zero attached hydrogens (tertiary/aromatic N) is 1. The molecule has 1 aromatic heterocycles. The van der Waals surface area contributed by atoms with E-state index >= 15 is 0 Å². The molecule has 0 aliphatic heterocycles. The number of rotatable bonds is 4. The summed E-state index contributed by atoms with van der Waals surface area (Å²) in [6.45, 7) is 19.4. The van der Waals surface area contributed by atoms with Crippen LogP contribution in [0.3, 0.4) is 0 Å². The van der Waals surface area contributed by atoms with Gasteiger partial charge in [-0.3, -0.25) is 4.98 Å². The predicted octanol–water partition coefficient (Wildman–Crippen LogP) is 5.04. The minimum atomic E-state index is -1.22. The number of hydrogen-bond donors (Lipinski definition) is 0. The molecule has 0 aromatic carbocycles. The molecule has 0 amide bonds. The van der Waals surface area contributed by atoms with Crippen LogP contribution in [0.15, 0.2) is 18.2 Å². The molecule has 0 atom stereocenters. The van der Waals surface area contributed by atoms with Crippen molar-refractivity contribution in [2.45, 2.75) is 64.2 Å². The summed E-state index contributed by atoms with van der Waals surface area (Å²) in [5, 5.41) is 0.740. The number of hydrogen-bond acceptors (Lipinski definition) is 1. The van der Waals surface area contributed by atoms with Crippen molar-refractivity contribution in [3.05, 3.63) is 29.6 Å². The van der Waals surface area contributed by atoms with E-state index < -0.39 is 16.1 Å². The molecule has 18 heavy (non-hydrogen) atoms. The topological polar surface area (TPSA) is 12.9 Å². The standard InChI is InChI=1S/C15H29NSi2/c1-12(2)13-10-9-11-14(16-13)15(17(3,4)5)18(6,7)8/h9-12,15H,1-8H3. The molecular weight excluding hydrogens is 250 g/mol. The lowest BCUT2D eigenvalue weighted by molar-refractivity contribution is 0.809. The Labute approximate surface area is 115 Å². The molecule has 1 nitrogen and oxygen atoms in total. The van der Waals surface area contributed by atoms with Crippen LogP contribution in [-0.2, 0) is 0 Å². The molecule has 1 aromatic rings. The molecule has 0 aliphatic carbocycles. The van der Waals surface area contributed by atoms with Gasteiger partial charge >= 0.3 is 0 Å². The van der Waals surface area contributed by atoms with Crippen LogP contribution >= 0.6 is 0 Å². The van der Waals surface area contributed by atoms with Crippen molar-refractivity contribution < 1.29 is 0 Å². The Balaban J connectivity index is 3.27. The maximum atomic E-state index is 4.97. The van der Waals surface area contributed by atoms with Gasteiger partial charge in [-0.2, -0.15) is 0 Å². The maximum absolute atomic E-state index is 4.97. The molecule has 0 spiro atoms. The average Bonchev–Trinajstić information content (AvgIpc) is 2.13. The van der Waals surface area contributed by atoms with Crippen molar-refractivity contribution in [1.29, 1.82) is 0 Å². The van der Waals surface area contributed by atoms with Crippen molar-refractivity contribution in [2.24, 2.45) is 0 Å². The van der Waals surface area contributed by atoms with Gasteiger partial charge in [-0.25, -0.2) is 0 Å². The Morgan fingerprint density at radius 1 is 0.833 bits per heavy atom. The van der Waals surface area contributed by atoms with Crippen molar-refractivity contribution in [2.75, 3.05) is 0 Å². The lowest BCUT2D eigenvalue weighted by atomic mass is 10.1. The van der Waals surface area contributed by atoms with Crippen LogP contribution in [0.1, 0.15) is 36.3 Å². The quantitative estimate of drug-likeness (QED) is 0.703. The van der Waals surface area contributed by atoms with E-state index in [1.807, 2.05) is 0 Å². The molecule has 0 bridgehead atoms. The van der Waals surface area contributed by atoms with Crippen LogP contribution in [0.4, 0.5) is 0 Å². The predicted molar refractivity (Wildman–Crippen MR) is 87.8 cm³/mol. The van der Waals surface area contributed by atoms with Gasteiger partial charge in [-0.1, -0.05) is 59.2 Å². The number of pyridine rings is 1. The molecule has 0 fully saturated rings. The van der Waals surface area contributed by atoms with E-state index in [9.17, 15) is 0 Å². The van der Waals surface area contributed by atoms with Crippen LogP contribution in [-0.4, -0.2) is 21.1 Å². The second-order valence-corrected chi connectivity index (χ2v) is 19.0. The molecule has 0 saturated carbocycles. The summed E-state index contributed by atoms with van der Waals surface area (Å²) >= 11 is 0. The fourth-order valence-corrected chi connectivity index (χ4v) is 15.6. The van der Waals surface area contributed by atoms with Crippen LogP contribution in [0.25, 0.3) is 0 Å². The lowest BCUT2D eigenvalue weighted by Gasteiger charge is -2.38. The zero-order valence-electron chi connectivity index (χ0n) is 13.3. The van der Waals surface area contributed by atoms with Crippen LogP contribution in [0.5, 0.6) is 0 Å². The van der Waals surface area contributed by atoms with E-state index in [-0.39, 0.29) is 0 Å². The third-order valence-corrected chi connectivity index (χ3v) is 12.7. The minimum absolute atomic E-state index is 0.522. The van der Waals surface area contributed by atoms with Gasteiger partial charge in [0.25, 0.3) is 0 Å². The highest BCUT2D eigenvalue weighted by atomic mass is 28.4. The van der Waals surface area contributed by atoms with Gasteiger partial charge in [0.15, 0.2) is 0 Å². The molecule has 102 valence electrons. The normalized spacial score (nSPS) is 13.4. The monoisotopic (exact) mass is 279 g/mol. The molecule has 1 rings (SSSR count). The highest BCUT2D eigenvalue weighted by Gasteiger charge is 2.39. The van der Waals surface area contributed by atoms with E-state index in [1.54, 1.807) is 0 Å². The molecule has 3 heteroatoms. The van der Waals surface area contributed by atoms with Gasteiger partial charge in [0, 0.05) is 11.4 Å². The first-order chi connectivity index (χ1) is 8.03. The van der Waals surface area contributed by atoms with Gasteiger partial charge in [-0.05, 0) is 23.2 Å². The van der Waals surface area contributed by atoms with Crippen LogP contribution in [0.2, 0.25) is 39.3 Å². The van der Waals surface area contributed by atoms with E-state index in [0.29, 0.717) is 5.92 Å². The average molecular weight is 280 g/mol.